The van der Waals surface area contributed by atoms with Gasteiger partial charge in [-0.2, -0.15) is 0 Å². The van der Waals surface area contributed by atoms with E-state index in [0.717, 1.165) is 31.2 Å². The van der Waals surface area contributed by atoms with Gasteiger partial charge in [0.2, 0.25) is 5.89 Å². The lowest BCUT2D eigenvalue weighted by atomic mass is 10.2. The summed E-state index contributed by atoms with van der Waals surface area (Å²) in [5.74, 6) is -0.970. The molecular formula is C13H14F2N2O. The van der Waals surface area contributed by atoms with Crippen LogP contribution in [0.5, 0.6) is 0 Å². The van der Waals surface area contributed by atoms with Crippen molar-refractivity contribution in [3.05, 3.63) is 41.8 Å². The van der Waals surface area contributed by atoms with Crippen molar-refractivity contribution in [2.24, 2.45) is 0 Å². The van der Waals surface area contributed by atoms with Crippen molar-refractivity contribution in [3.8, 4) is 11.5 Å². The first-order valence-electron chi connectivity index (χ1n) is 5.81. The molecule has 0 spiro atoms. The number of hydrogen-bond acceptors (Lipinski definition) is 3. The molecule has 1 N–H and O–H groups in total. The van der Waals surface area contributed by atoms with Gasteiger partial charge in [0.05, 0.1) is 11.3 Å². The minimum absolute atomic E-state index is 0.0386. The van der Waals surface area contributed by atoms with Crippen LogP contribution in [-0.4, -0.2) is 11.5 Å². The quantitative estimate of drug-likeness (QED) is 0.831. The number of rotatable bonds is 5. The first-order valence-corrected chi connectivity index (χ1v) is 5.81. The molecule has 0 atom stereocenters. The van der Waals surface area contributed by atoms with Gasteiger partial charge in [-0.15, -0.1) is 0 Å². The molecule has 0 fully saturated rings. The summed E-state index contributed by atoms with van der Waals surface area (Å²) in [6.07, 6.45) is 2.46. The van der Waals surface area contributed by atoms with Crippen molar-refractivity contribution in [2.75, 3.05) is 6.54 Å². The van der Waals surface area contributed by atoms with Crippen molar-refractivity contribution < 1.29 is 13.2 Å². The lowest BCUT2D eigenvalue weighted by Gasteiger charge is -1.98. The van der Waals surface area contributed by atoms with E-state index in [2.05, 4.69) is 17.2 Å². The van der Waals surface area contributed by atoms with E-state index in [-0.39, 0.29) is 11.5 Å². The third kappa shape index (κ3) is 2.92. The minimum atomic E-state index is -0.550. The van der Waals surface area contributed by atoms with Crippen LogP contribution in [0.4, 0.5) is 8.78 Å². The highest BCUT2D eigenvalue weighted by atomic mass is 19.1. The van der Waals surface area contributed by atoms with Gasteiger partial charge >= 0.3 is 0 Å². The molecule has 0 unspecified atom stereocenters. The maximum absolute atomic E-state index is 13.5. The van der Waals surface area contributed by atoms with Gasteiger partial charge in [0.1, 0.15) is 17.9 Å². The molecule has 0 bridgehead atoms. The molecule has 0 amide bonds. The third-order valence-corrected chi connectivity index (χ3v) is 2.44. The van der Waals surface area contributed by atoms with E-state index in [0.29, 0.717) is 12.2 Å². The van der Waals surface area contributed by atoms with E-state index in [4.69, 9.17) is 4.42 Å². The maximum atomic E-state index is 13.5. The van der Waals surface area contributed by atoms with Crippen molar-refractivity contribution >= 4 is 0 Å². The van der Waals surface area contributed by atoms with E-state index in [1.807, 2.05) is 0 Å². The summed E-state index contributed by atoms with van der Waals surface area (Å²) in [6, 6.07) is 3.19. The topological polar surface area (TPSA) is 38.1 Å². The van der Waals surface area contributed by atoms with Gasteiger partial charge in [-0.3, -0.25) is 0 Å². The van der Waals surface area contributed by atoms with Crippen molar-refractivity contribution in [2.45, 2.75) is 19.9 Å². The standard InChI is InChI=1S/C13H14F2N2O/c1-2-5-16-7-10-8-18-13(17-10)11-6-9(14)3-4-12(11)15/h3-4,6,8,16H,2,5,7H2,1H3. The molecule has 0 saturated heterocycles. The molecule has 18 heavy (non-hydrogen) atoms. The fourth-order valence-electron chi connectivity index (χ4n) is 1.57. The Morgan fingerprint density at radius 3 is 2.94 bits per heavy atom. The minimum Gasteiger partial charge on any atom is -0.444 e. The first kappa shape index (κ1) is 12.7. The molecule has 0 radical (unpaired) electrons. The van der Waals surface area contributed by atoms with Crippen molar-refractivity contribution in [1.82, 2.24) is 10.3 Å². The number of nitrogens with zero attached hydrogens (tertiary/aromatic N) is 1. The molecule has 2 rings (SSSR count). The van der Waals surface area contributed by atoms with Crippen LogP contribution in [0.15, 0.2) is 28.9 Å². The molecule has 2 aromatic rings. The zero-order chi connectivity index (χ0) is 13.0. The van der Waals surface area contributed by atoms with Crippen LogP contribution in [0.1, 0.15) is 19.0 Å². The monoisotopic (exact) mass is 252 g/mol. The normalized spacial score (nSPS) is 10.8. The van der Waals surface area contributed by atoms with Gasteiger partial charge in [-0.1, -0.05) is 6.92 Å². The second-order valence-corrected chi connectivity index (χ2v) is 3.94. The van der Waals surface area contributed by atoms with E-state index in [1.54, 1.807) is 0 Å². The fraction of sp³-hybridized carbons (Fsp3) is 0.308. The zero-order valence-corrected chi connectivity index (χ0v) is 10.0. The summed E-state index contributed by atoms with van der Waals surface area (Å²) in [6.45, 7) is 3.48. The highest BCUT2D eigenvalue weighted by molar-refractivity contribution is 5.54. The largest absolute Gasteiger partial charge is 0.444 e. The predicted octanol–water partition coefficient (Wildman–Crippen LogP) is 3.12. The Labute approximate surface area is 104 Å². The van der Waals surface area contributed by atoms with Crippen LogP contribution < -0.4 is 5.32 Å². The van der Waals surface area contributed by atoms with Crippen LogP contribution in [0, 0.1) is 11.6 Å². The van der Waals surface area contributed by atoms with Crippen LogP contribution >= 0.6 is 0 Å². The molecule has 1 heterocycles. The molecular weight excluding hydrogens is 238 g/mol. The lowest BCUT2D eigenvalue weighted by Crippen LogP contribution is -2.13. The Morgan fingerprint density at radius 1 is 1.33 bits per heavy atom. The van der Waals surface area contributed by atoms with Crippen LogP contribution in [0.3, 0.4) is 0 Å². The van der Waals surface area contributed by atoms with Gasteiger partial charge in [0.25, 0.3) is 0 Å². The number of nitrogens with one attached hydrogen (secondary N) is 1. The van der Waals surface area contributed by atoms with E-state index in [1.165, 1.54) is 6.26 Å². The average Bonchev–Trinajstić information content (AvgIpc) is 2.81. The third-order valence-electron chi connectivity index (χ3n) is 2.44. The first-order chi connectivity index (χ1) is 8.70. The lowest BCUT2D eigenvalue weighted by molar-refractivity contribution is 0.554. The molecule has 0 saturated carbocycles. The SMILES string of the molecule is CCCNCc1coc(-c2cc(F)ccc2F)n1. The molecule has 0 aliphatic heterocycles. The Kier molecular flexibility index (Phi) is 4.04. The van der Waals surface area contributed by atoms with Gasteiger partial charge in [0.15, 0.2) is 0 Å². The Morgan fingerprint density at radius 2 is 2.17 bits per heavy atom. The van der Waals surface area contributed by atoms with Crippen molar-refractivity contribution in [3.63, 3.8) is 0 Å². The molecule has 96 valence electrons. The number of halogens is 2. The van der Waals surface area contributed by atoms with Gasteiger partial charge in [-0.25, -0.2) is 13.8 Å². The van der Waals surface area contributed by atoms with Gasteiger partial charge in [-0.05, 0) is 31.2 Å². The van der Waals surface area contributed by atoms with Crippen molar-refractivity contribution in [1.29, 1.82) is 0 Å². The second-order valence-electron chi connectivity index (χ2n) is 3.94. The van der Waals surface area contributed by atoms with Gasteiger partial charge in [0, 0.05) is 6.54 Å². The predicted molar refractivity (Wildman–Crippen MR) is 63.9 cm³/mol. The Balaban J connectivity index is 2.16. The molecule has 5 heteroatoms. The Hall–Kier alpha value is -1.75. The summed E-state index contributed by atoms with van der Waals surface area (Å²) >= 11 is 0. The highest BCUT2D eigenvalue weighted by Crippen LogP contribution is 2.22. The van der Waals surface area contributed by atoms with Gasteiger partial charge < -0.3 is 9.73 Å². The molecule has 1 aromatic heterocycles. The molecule has 0 aliphatic carbocycles. The highest BCUT2D eigenvalue weighted by Gasteiger charge is 2.12. The van der Waals surface area contributed by atoms with E-state index >= 15 is 0 Å². The summed E-state index contributed by atoms with van der Waals surface area (Å²) in [5.41, 5.74) is 0.707. The molecule has 3 nitrogen and oxygen atoms in total. The number of benzene rings is 1. The second kappa shape index (κ2) is 5.73. The number of oxazole rings is 1. The smallest absolute Gasteiger partial charge is 0.229 e. The summed E-state index contributed by atoms with van der Waals surface area (Å²) in [4.78, 5) is 4.12. The molecule has 0 aliphatic rings. The summed E-state index contributed by atoms with van der Waals surface area (Å²) in [5, 5.41) is 3.15. The summed E-state index contributed by atoms with van der Waals surface area (Å²) in [7, 11) is 0. The zero-order valence-electron chi connectivity index (χ0n) is 10.0. The van der Waals surface area contributed by atoms with Crippen LogP contribution in [0.2, 0.25) is 0 Å². The number of aromatic nitrogens is 1. The average molecular weight is 252 g/mol. The van der Waals surface area contributed by atoms with Crippen LogP contribution in [-0.2, 0) is 6.54 Å². The maximum Gasteiger partial charge on any atom is 0.229 e. The fourth-order valence-corrected chi connectivity index (χ4v) is 1.57. The van der Waals surface area contributed by atoms with E-state index in [9.17, 15) is 8.78 Å². The van der Waals surface area contributed by atoms with E-state index < -0.39 is 11.6 Å². The Bertz CT molecular complexity index is 525. The molecule has 1 aromatic carbocycles. The summed E-state index contributed by atoms with van der Waals surface area (Å²) < 4.78 is 31.7. The van der Waals surface area contributed by atoms with Crippen LogP contribution in [0.25, 0.3) is 11.5 Å². The number of hydrogen-bond donors (Lipinski definition) is 1.